The van der Waals surface area contributed by atoms with Gasteiger partial charge in [-0.2, -0.15) is 15.0 Å². The van der Waals surface area contributed by atoms with Gasteiger partial charge in [-0.1, -0.05) is 0 Å². The maximum atomic E-state index is 5.51. The minimum absolute atomic E-state index is 0.246. The maximum Gasteiger partial charge on any atom is 0.322 e. The van der Waals surface area contributed by atoms with Crippen LogP contribution in [0.5, 0.6) is 6.01 Å². The first-order valence-electron chi connectivity index (χ1n) is 4.00. The SMILES string of the molecule is COc1nc(N(C)C)nc(N(C)N)n1. The Hall–Kier alpha value is -1.63. The third-order valence-electron chi connectivity index (χ3n) is 1.49. The lowest BCUT2D eigenvalue weighted by Crippen LogP contribution is -2.28. The molecule has 0 bridgehead atoms. The van der Waals surface area contributed by atoms with Crippen molar-refractivity contribution in [2.45, 2.75) is 0 Å². The maximum absolute atomic E-state index is 5.51. The Morgan fingerprint density at radius 2 is 1.64 bits per heavy atom. The predicted molar refractivity (Wildman–Crippen MR) is 53.3 cm³/mol. The molecular formula is C7H14N6O. The highest BCUT2D eigenvalue weighted by atomic mass is 16.5. The van der Waals surface area contributed by atoms with Gasteiger partial charge in [0.05, 0.1) is 7.11 Å². The number of anilines is 2. The molecule has 0 aliphatic rings. The number of rotatable bonds is 3. The average molecular weight is 198 g/mol. The van der Waals surface area contributed by atoms with Gasteiger partial charge in [-0.15, -0.1) is 0 Å². The molecule has 7 nitrogen and oxygen atoms in total. The van der Waals surface area contributed by atoms with Crippen LogP contribution >= 0.6 is 0 Å². The molecule has 1 aromatic rings. The van der Waals surface area contributed by atoms with Gasteiger partial charge < -0.3 is 9.64 Å². The van der Waals surface area contributed by atoms with E-state index in [1.54, 1.807) is 11.9 Å². The smallest absolute Gasteiger partial charge is 0.322 e. The van der Waals surface area contributed by atoms with Gasteiger partial charge in [-0.25, -0.2) is 5.84 Å². The topological polar surface area (TPSA) is 80.4 Å². The zero-order valence-corrected chi connectivity index (χ0v) is 8.72. The normalized spacial score (nSPS) is 9.79. The van der Waals surface area contributed by atoms with Gasteiger partial charge in [0.25, 0.3) is 0 Å². The Kier molecular flexibility index (Phi) is 3.03. The monoisotopic (exact) mass is 198 g/mol. The summed E-state index contributed by atoms with van der Waals surface area (Å²) < 4.78 is 4.92. The molecule has 0 aliphatic carbocycles. The lowest BCUT2D eigenvalue weighted by Gasteiger charge is -2.14. The second-order valence-electron chi connectivity index (χ2n) is 2.93. The molecule has 0 saturated heterocycles. The van der Waals surface area contributed by atoms with Crippen LogP contribution in [0.25, 0.3) is 0 Å². The first kappa shape index (κ1) is 10.5. The second kappa shape index (κ2) is 4.05. The van der Waals surface area contributed by atoms with Crippen LogP contribution in [0.3, 0.4) is 0 Å². The molecule has 14 heavy (non-hydrogen) atoms. The molecule has 0 amide bonds. The van der Waals surface area contributed by atoms with Gasteiger partial charge in [0.2, 0.25) is 11.9 Å². The Bertz CT molecular complexity index is 287. The van der Waals surface area contributed by atoms with Crippen molar-refractivity contribution in [2.24, 2.45) is 5.84 Å². The van der Waals surface area contributed by atoms with E-state index in [0.717, 1.165) is 0 Å². The summed E-state index contributed by atoms with van der Waals surface area (Å²) in [5.74, 6) is 6.38. The Morgan fingerprint density at radius 1 is 1.07 bits per heavy atom. The minimum atomic E-state index is 0.246. The number of nitrogens with two attached hydrogens (primary N) is 1. The van der Waals surface area contributed by atoms with E-state index >= 15 is 0 Å². The average Bonchev–Trinajstić information content (AvgIpc) is 2.16. The van der Waals surface area contributed by atoms with Gasteiger partial charge in [-0.05, 0) is 0 Å². The zero-order chi connectivity index (χ0) is 10.7. The minimum Gasteiger partial charge on any atom is -0.467 e. The third-order valence-corrected chi connectivity index (χ3v) is 1.49. The van der Waals surface area contributed by atoms with Crippen LogP contribution in [0.2, 0.25) is 0 Å². The number of aromatic nitrogens is 3. The molecule has 78 valence electrons. The van der Waals surface area contributed by atoms with E-state index in [2.05, 4.69) is 15.0 Å². The highest BCUT2D eigenvalue weighted by Gasteiger charge is 2.09. The molecule has 2 N–H and O–H groups in total. The third kappa shape index (κ3) is 2.19. The van der Waals surface area contributed by atoms with Crippen molar-refractivity contribution in [1.82, 2.24) is 15.0 Å². The van der Waals surface area contributed by atoms with Gasteiger partial charge in [0, 0.05) is 21.1 Å². The molecule has 7 heteroatoms. The molecule has 1 rings (SSSR count). The Labute approximate surface area is 82.5 Å². The van der Waals surface area contributed by atoms with Crippen LogP contribution in [0.15, 0.2) is 0 Å². The molecule has 0 radical (unpaired) electrons. The summed E-state index contributed by atoms with van der Waals surface area (Å²) >= 11 is 0. The van der Waals surface area contributed by atoms with E-state index in [0.29, 0.717) is 11.9 Å². The quantitative estimate of drug-likeness (QED) is 0.506. The fraction of sp³-hybridized carbons (Fsp3) is 0.571. The van der Waals surface area contributed by atoms with E-state index in [1.165, 1.54) is 12.1 Å². The van der Waals surface area contributed by atoms with E-state index in [1.807, 2.05) is 14.1 Å². The number of nitrogens with zero attached hydrogens (tertiary/aromatic N) is 5. The number of hydrogen-bond acceptors (Lipinski definition) is 7. The zero-order valence-electron chi connectivity index (χ0n) is 8.72. The lowest BCUT2D eigenvalue weighted by atomic mass is 10.7. The van der Waals surface area contributed by atoms with Crippen molar-refractivity contribution in [2.75, 3.05) is 38.2 Å². The van der Waals surface area contributed by atoms with Crippen LogP contribution in [0.1, 0.15) is 0 Å². The van der Waals surface area contributed by atoms with Gasteiger partial charge in [-0.3, -0.25) is 5.01 Å². The summed E-state index contributed by atoms with van der Waals surface area (Å²) in [6.07, 6.45) is 0. The Balaban J connectivity index is 3.13. The fourth-order valence-corrected chi connectivity index (χ4v) is 0.785. The fourth-order valence-electron chi connectivity index (χ4n) is 0.785. The van der Waals surface area contributed by atoms with Crippen LogP contribution in [0.4, 0.5) is 11.9 Å². The standard InChI is InChI=1S/C7H14N6O/c1-12(2)5-9-6(13(3)8)11-7(10-5)14-4/h8H2,1-4H3. The summed E-state index contributed by atoms with van der Waals surface area (Å²) in [5.41, 5.74) is 0. The lowest BCUT2D eigenvalue weighted by molar-refractivity contribution is 0.378. The van der Waals surface area contributed by atoms with Crippen molar-refractivity contribution < 1.29 is 4.74 Å². The van der Waals surface area contributed by atoms with E-state index < -0.39 is 0 Å². The first-order chi connectivity index (χ1) is 6.54. The summed E-state index contributed by atoms with van der Waals surface area (Å²) in [4.78, 5) is 13.8. The van der Waals surface area contributed by atoms with Crippen molar-refractivity contribution in [1.29, 1.82) is 0 Å². The molecular weight excluding hydrogens is 184 g/mol. The molecule has 0 fully saturated rings. The van der Waals surface area contributed by atoms with Crippen LogP contribution in [-0.2, 0) is 0 Å². The largest absolute Gasteiger partial charge is 0.467 e. The molecule has 1 aromatic heterocycles. The molecule has 0 aliphatic heterocycles. The van der Waals surface area contributed by atoms with Crippen LogP contribution in [0, 0.1) is 0 Å². The van der Waals surface area contributed by atoms with Crippen molar-refractivity contribution in [3.8, 4) is 6.01 Å². The van der Waals surface area contributed by atoms with Crippen LogP contribution in [-0.4, -0.2) is 43.2 Å². The highest BCUT2D eigenvalue weighted by Crippen LogP contribution is 2.13. The van der Waals surface area contributed by atoms with Crippen LogP contribution < -0.4 is 20.5 Å². The highest BCUT2D eigenvalue weighted by molar-refractivity contribution is 5.37. The first-order valence-corrected chi connectivity index (χ1v) is 4.00. The number of methoxy groups -OCH3 is 1. The van der Waals surface area contributed by atoms with Crippen molar-refractivity contribution >= 4 is 11.9 Å². The summed E-state index contributed by atoms with van der Waals surface area (Å²) in [5, 5.41) is 1.30. The van der Waals surface area contributed by atoms with Crippen molar-refractivity contribution in [3.05, 3.63) is 0 Å². The van der Waals surface area contributed by atoms with Gasteiger partial charge in [0.1, 0.15) is 0 Å². The Morgan fingerprint density at radius 3 is 2.07 bits per heavy atom. The summed E-state index contributed by atoms with van der Waals surface area (Å²) in [7, 11) is 6.80. The molecule has 0 atom stereocenters. The van der Waals surface area contributed by atoms with E-state index in [9.17, 15) is 0 Å². The summed E-state index contributed by atoms with van der Waals surface area (Å²) in [6, 6.07) is 0.246. The molecule has 1 heterocycles. The molecule has 0 saturated carbocycles. The van der Waals surface area contributed by atoms with Gasteiger partial charge >= 0.3 is 6.01 Å². The molecule has 0 spiro atoms. The number of hydrazine groups is 1. The second-order valence-corrected chi connectivity index (χ2v) is 2.93. The summed E-state index contributed by atoms with van der Waals surface area (Å²) in [6.45, 7) is 0. The number of hydrogen-bond donors (Lipinski definition) is 1. The van der Waals surface area contributed by atoms with E-state index in [4.69, 9.17) is 10.6 Å². The predicted octanol–water partition coefficient (Wildman–Crippen LogP) is -0.744. The van der Waals surface area contributed by atoms with E-state index in [-0.39, 0.29) is 6.01 Å². The van der Waals surface area contributed by atoms with Gasteiger partial charge in [0.15, 0.2) is 0 Å². The van der Waals surface area contributed by atoms with Crippen molar-refractivity contribution in [3.63, 3.8) is 0 Å². The molecule has 0 aromatic carbocycles. The molecule has 0 unspecified atom stereocenters. The number of ether oxygens (including phenoxy) is 1.